The molecule has 0 spiro atoms. The van der Waals surface area contributed by atoms with Gasteiger partial charge in [0.15, 0.2) is 5.82 Å². The molecule has 0 aliphatic carbocycles. The lowest BCUT2D eigenvalue weighted by molar-refractivity contribution is -0.149. The van der Waals surface area contributed by atoms with Gasteiger partial charge in [-0.15, -0.1) is 0 Å². The Bertz CT molecular complexity index is 731. The fourth-order valence-corrected chi connectivity index (χ4v) is 2.83. The zero-order chi connectivity index (χ0) is 17.1. The first-order valence-corrected chi connectivity index (χ1v) is 8.13. The van der Waals surface area contributed by atoms with E-state index in [1.165, 1.54) is 0 Å². The van der Waals surface area contributed by atoms with Crippen LogP contribution in [0.3, 0.4) is 0 Å². The first kappa shape index (κ1) is 16.4. The summed E-state index contributed by atoms with van der Waals surface area (Å²) in [6.07, 6.45) is 2.60. The van der Waals surface area contributed by atoms with Gasteiger partial charge in [-0.1, -0.05) is 0 Å². The number of aromatic nitrogens is 2. The molecular weight excluding hydrogens is 306 g/mol. The minimum absolute atomic E-state index is 0.192. The number of hydrogen-bond acceptors (Lipinski definition) is 6. The Morgan fingerprint density at radius 1 is 1.38 bits per heavy atom. The lowest BCUT2D eigenvalue weighted by Gasteiger charge is -2.31. The van der Waals surface area contributed by atoms with Crippen LogP contribution in [0.2, 0.25) is 0 Å². The van der Waals surface area contributed by atoms with Crippen LogP contribution in [0.15, 0.2) is 30.5 Å². The second-order valence-electron chi connectivity index (χ2n) is 5.86. The van der Waals surface area contributed by atoms with Crippen molar-refractivity contribution < 1.29 is 14.6 Å². The molecule has 1 unspecified atom stereocenters. The Labute approximate surface area is 141 Å². The van der Waals surface area contributed by atoms with Crippen LogP contribution in [-0.2, 0) is 22.5 Å². The molecule has 0 saturated carbocycles. The number of carbonyl (C=O) groups is 1. The summed E-state index contributed by atoms with van der Waals surface area (Å²) in [6.45, 7) is 5.49. The first-order chi connectivity index (χ1) is 11.6. The number of phenols is 1. The predicted octanol–water partition coefficient (Wildman–Crippen LogP) is 2.16. The Morgan fingerprint density at radius 3 is 2.83 bits per heavy atom. The van der Waals surface area contributed by atoms with Crippen LogP contribution < -0.4 is 0 Å². The van der Waals surface area contributed by atoms with E-state index in [-0.39, 0.29) is 17.8 Å². The molecule has 0 bridgehead atoms. The number of rotatable bonds is 4. The van der Waals surface area contributed by atoms with Crippen molar-refractivity contribution >= 4 is 5.97 Å². The average Bonchev–Trinajstić information content (AvgIpc) is 2.61. The summed E-state index contributed by atoms with van der Waals surface area (Å²) in [6, 6.07) is 6.58. The molecule has 1 aromatic heterocycles. The van der Waals surface area contributed by atoms with Gasteiger partial charge in [-0.05, 0) is 38.1 Å². The van der Waals surface area contributed by atoms with E-state index in [0.29, 0.717) is 19.0 Å². The van der Waals surface area contributed by atoms with Crippen molar-refractivity contribution in [2.45, 2.75) is 32.9 Å². The van der Waals surface area contributed by atoms with Crippen molar-refractivity contribution in [2.75, 3.05) is 13.2 Å². The molecule has 6 nitrogen and oxygen atoms in total. The van der Waals surface area contributed by atoms with Crippen molar-refractivity contribution in [1.82, 2.24) is 14.9 Å². The molecule has 1 aliphatic heterocycles. The molecule has 0 amide bonds. The number of carbonyl (C=O) groups excluding carboxylic acids is 1. The van der Waals surface area contributed by atoms with Gasteiger partial charge in [-0.3, -0.25) is 9.69 Å². The second kappa shape index (κ2) is 6.97. The molecule has 1 aliphatic rings. The van der Waals surface area contributed by atoms with Crippen molar-refractivity contribution in [3.63, 3.8) is 0 Å². The van der Waals surface area contributed by atoms with Gasteiger partial charge in [-0.25, -0.2) is 9.97 Å². The topological polar surface area (TPSA) is 75.5 Å². The molecule has 6 heteroatoms. The summed E-state index contributed by atoms with van der Waals surface area (Å²) in [5, 5.41) is 9.38. The molecule has 1 N–H and O–H groups in total. The summed E-state index contributed by atoms with van der Waals surface area (Å²) in [4.78, 5) is 23.1. The number of esters is 1. The Morgan fingerprint density at radius 2 is 2.12 bits per heavy atom. The van der Waals surface area contributed by atoms with E-state index in [4.69, 9.17) is 4.74 Å². The number of hydrogen-bond donors (Lipinski definition) is 1. The fourth-order valence-electron chi connectivity index (χ4n) is 2.83. The van der Waals surface area contributed by atoms with Crippen LogP contribution in [0.25, 0.3) is 11.4 Å². The van der Waals surface area contributed by atoms with Crippen LogP contribution in [0, 0.1) is 0 Å². The van der Waals surface area contributed by atoms with Crippen molar-refractivity contribution in [3.05, 3.63) is 41.7 Å². The lowest BCUT2D eigenvalue weighted by Crippen LogP contribution is -2.43. The molecule has 0 saturated heterocycles. The maximum Gasteiger partial charge on any atom is 0.323 e. The number of phenolic OH excluding ortho intramolecular Hbond substituents is 1. The van der Waals surface area contributed by atoms with Gasteiger partial charge in [-0.2, -0.15) is 0 Å². The second-order valence-corrected chi connectivity index (χ2v) is 5.86. The molecule has 2 aromatic rings. The standard InChI is InChI=1S/C18H21N3O3/c1-3-24-18(23)12(2)21-9-8-16-14(11-21)10-19-17(20-16)13-4-6-15(22)7-5-13/h4-7,10,12,22H,3,8-9,11H2,1-2H3. The highest BCUT2D eigenvalue weighted by atomic mass is 16.5. The Balaban J connectivity index is 1.77. The molecule has 1 aromatic carbocycles. The van der Waals surface area contributed by atoms with Crippen LogP contribution in [0.4, 0.5) is 0 Å². The van der Waals surface area contributed by atoms with E-state index in [1.807, 2.05) is 20.0 Å². The molecule has 24 heavy (non-hydrogen) atoms. The van der Waals surface area contributed by atoms with Crippen LogP contribution in [0.5, 0.6) is 5.75 Å². The molecule has 2 heterocycles. The average molecular weight is 327 g/mol. The fraction of sp³-hybridized carbons (Fsp3) is 0.389. The third-order valence-electron chi connectivity index (χ3n) is 4.26. The third-order valence-corrected chi connectivity index (χ3v) is 4.26. The molecular formula is C18H21N3O3. The van der Waals surface area contributed by atoms with Crippen LogP contribution in [0.1, 0.15) is 25.1 Å². The third kappa shape index (κ3) is 3.38. The number of nitrogens with zero attached hydrogens (tertiary/aromatic N) is 3. The molecule has 3 rings (SSSR count). The van der Waals surface area contributed by atoms with Gasteiger partial charge >= 0.3 is 5.97 Å². The highest BCUT2D eigenvalue weighted by molar-refractivity contribution is 5.75. The maximum atomic E-state index is 11.9. The Kier molecular flexibility index (Phi) is 4.76. The Hall–Kier alpha value is -2.47. The summed E-state index contributed by atoms with van der Waals surface area (Å²) < 4.78 is 5.10. The number of ether oxygens (including phenoxy) is 1. The molecule has 1 atom stereocenters. The summed E-state index contributed by atoms with van der Waals surface area (Å²) >= 11 is 0. The summed E-state index contributed by atoms with van der Waals surface area (Å²) in [5.74, 6) is 0.684. The minimum atomic E-state index is -0.269. The molecule has 0 radical (unpaired) electrons. The zero-order valence-corrected chi connectivity index (χ0v) is 13.9. The van der Waals surface area contributed by atoms with Crippen LogP contribution >= 0.6 is 0 Å². The predicted molar refractivity (Wildman–Crippen MR) is 89.3 cm³/mol. The zero-order valence-electron chi connectivity index (χ0n) is 13.9. The van der Waals surface area contributed by atoms with Gasteiger partial charge in [0.25, 0.3) is 0 Å². The van der Waals surface area contributed by atoms with E-state index in [0.717, 1.165) is 29.8 Å². The van der Waals surface area contributed by atoms with E-state index < -0.39 is 0 Å². The normalized spacial score (nSPS) is 15.6. The highest BCUT2D eigenvalue weighted by Gasteiger charge is 2.27. The van der Waals surface area contributed by atoms with Gasteiger partial charge in [0.2, 0.25) is 0 Å². The van der Waals surface area contributed by atoms with Crippen molar-refractivity contribution in [3.8, 4) is 17.1 Å². The maximum absolute atomic E-state index is 11.9. The van der Waals surface area contributed by atoms with E-state index in [9.17, 15) is 9.90 Å². The van der Waals surface area contributed by atoms with Crippen molar-refractivity contribution in [1.29, 1.82) is 0 Å². The smallest absolute Gasteiger partial charge is 0.323 e. The lowest BCUT2D eigenvalue weighted by atomic mass is 10.0. The molecule has 126 valence electrons. The van der Waals surface area contributed by atoms with Gasteiger partial charge in [0, 0.05) is 36.8 Å². The first-order valence-electron chi connectivity index (χ1n) is 8.13. The van der Waals surface area contributed by atoms with E-state index in [1.54, 1.807) is 24.3 Å². The van der Waals surface area contributed by atoms with E-state index in [2.05, 4.69) is 14.9 Å². The summed E-state index contributed by atoms with van der Waals surface area (Å²) in [5.41, 5.74) is 2.93. The van der Waals surface area contributed by atoms with Gasteiger partial charge in [0.05, 0.1) is 12.3 Å². The minimum Gasteiger partial charge on any atom is -0.508 e. The number of benzene rings is 1. The largest absolute Gasteiger partial charge is 0.508 e. The van der Waals surface area contributed by atoms with Gasteiger partial charge in [0.1, 0.15) is 11.8 Å². The van der Waals surface area contributed by atoms with Gasteiger partial charge < -0.3 is 9.84 Å². The van der Waals surface area contributed by atoms with Crippen molar-refractivity contribution in [2.24, 2.45) is 0 Å². The number of fused-ring (bicyclic) bond motifs is 1. The summed E-state index contributed by atoms with van der Waals surface area (Å²) in [7, 11) is 0. The number of aromatic hydroxyl groups is 1. The monoisotopic (exact) mass is 327 g/mol. The SMILES string of the molecule is CCOC(=O)C(C)N1CCc2nc(-c3ccc(O)cc3)ncc2C1. The van der Waals surface area contributed by atoms with E-state index >= 15 is 0 Å². The van der Waals surface area contributed by atoms with Crippen LogP contribution in [-0.4, -0.2) is 45.1 Å². The molecule has 0 fully saturated rings. The quantitative estimate of drug-likeness (QED) is 0.867. The highest BCUT2D eigenvalue weighted by Crippen LogP contribution is 2.23.